The Balaban J connectivity index is 0. The summed E-state index contributed by atoms with van der Waals surface area (Å²) in [7, 11) is 0. The Labute approximate surface area is 156 Å². The van der Waals surface area contributed by atoms with E-state index in [9.17, 15) is 4.79 Å². The first-order valence-electron chi connectivity index (χ1n) is 9.39. The molecule has 0 rings (SSSR count). The van der Waals surface area contributed by atoms with E-state index in [1.165, 1.54) is 44.9 Å². The van der Waals surface area contributed by atoms with Crippen LogP contribution >= 0.6 is 0 Å². The van der Waals surface area contributed by atoms with E-state index in [1.807, 2.05) is 0 Å². The van der Waals surface area contributed by atoms with Gasteiger partial charge >= 0.3 is 17.9 Å². The highest BCUT2D eigenvalue weighted by atomic mass is 16.4. The van der Waals surface area contributed by atoms with Crippen molar-refractivity contribution in [2.75, 3.05) is 0 Å². The van der Waals surface area contributed by atoms with Gasteiger partial charge in [-0.3, -0.25) is 4.79 Å². The number of carboxylic acid groups (broad SMARTS) is 3. The maximum absolute atomic E-state index is 10.3. The van der Waals surface area contributed by atoms with E-state index in [0.717, 1.165) is 25.7 Å². The molecule has 0 aromatic carbocycles. The molecule has 26 heavy (non-hydrogen) atoms. The van der Waals surface area contributed by atoms with Gasteiger partial charge in [0.05, 0.1) is 0 Å². The van der Waals surface area contributed by atoms with Crippen LogP contribution in [0.3, 0.4) is 0 Å². The number of hydrogen-bond acceptors (Lipinski definition) is 3. The summed E-state index contributed by atoms with van der Waals surface area (Å²) in [5.41, 5.74) is 0. The molecule has 0 aromatic rings. The molecule has 0 spiro atoms. The Morgan fingerprint density at radius 3 is 1.58 bits per heavy atom. The SMILES string of the molecule is CCCCC/C=C\C/C=C\CCCCCCCC(=O)O.O=C(O)C(=O)O. The molecule has 0 fully saturated rings. The molecule has 0 aliphatic carbocycles. The molecule has 0 saturated heterocycles. The predicted octanol–water partition coefficient (Wildman–Crippen LogP) is 5.04. The third kappa shape index (κ3) is 26.8. The van der Waals surface area contributed by atoms with Crippen molar-refractivity contribution in [3.05, 3.63) is 24.3 Å². The highest BCUT2D eigenvalue weighted by molar-refractivity contribution is 6.27. The van der Waals surface area contributed by atoms with Gasteiger partial charge in [0, 0.05) is 6.42 Å². The summed E-state index contributed by atoms with van der Waals surface area (Å²) in [6.07, 6.45) is 22.3. The summed E-state index contributed by atoms with van der Waals surface area (Å²) in [6.45, 7) is 2.23. The van der Waals surface area contributed by atoms with Crippen LogP contribution in [0.2, 0.25) is 0 Å². The molecule has 0 aliphatic heterocycles. The number of allylic oxidation sites excluding steroid dienone is 4. The molecule has 0 aromatic heterocycles. The zero-order valence-corrected chi connectivity index (χ0v) is 15.9. The van der Waals surface area contributed by atoms with E-state index < -0.39 is 17.9 Å². The molecular weight excluding hydrogens is 336 g/mol. The molecule has 0 saturated carbocycles. The summed E-state index contributed by atoms with van der Waals surface area (Å²) in [5.74, 6) is -4.32. The van der Waals surface area contributed by atoms with Gasteiger partial charge in [0.15, 0.2) is 0 Å². The van der Waals surface area contributed by atoms with Crippen molar-refractivity contribution < 1.29 is 29.7 Å². The van der Waals surface area contributed by atoms with E-state index in [2.05, 4.69) is 31.2 Å². The molecule has 0 bridgehead atoms. The van der Waals surface area contributed by atoms with E-state index in [0.29, 0.717) is 6.42 Å². The van der Waals surface area contributed by atoms with Gasteiger partial charge in [0.2, 0.25) is 0 Å². The number of rotatable bonds is 14. The van der Waals surface area contributed by atoms with E-state index in [1.54, 1.807) is 0 Å². The number of carbonyl (C=O) groups is 3. The fourth-order valence-corrected chi connectivity index (χ4v) is 2.09. The minimum Gasteiger partial charge on any atom is -0.481 e. The third-order valence-electron chi connectivity index (χ3n) is 3.52. The lowest BCUT2D eigenvalue weighted by Gasteiger charge is -1.98. The van der Waals surface area contributed by atoms with E-state index in [-0.39, 0.29) is 0 Å². The molecule has 6 heteroatoms. The molecule has 0 radical (unpaired) electrons. The van der Waals surface area contributed by atoms with Crippen LogP contribution in [0.1, 0.15) is 84.0 Å². The predicted molar refractivity (Wildman–Crippen MR) is 102 cm³/mol. The zero-order chi connectivity index (χ0) is 20.0. The first-order chi connectivity index (χ1) is 12.4. The summed E-state index contributed by atoms with van der Waals surface area (Å²) >= 11 is 0. The Morgan fingerprint density at radius 1 is 0.654 bits per heavy atom. The molecule has 0 unspecified atom stereocenters. The summed E-state index contributed by atoms with van der Waals surface area (Å²) in [5, 5.41) is 23.3. The maximum Gasteiger partial charge on any atom is 0.414 e. The van der Waals surface area contributed by atoms with Gasteiger partial charge in [-0.2, -0.15) is 0 Å². The second-order valence-corrected chi connectivity index (χ2v) is 5.98. The molecule has 0 atom stereocenters. The van der Waals surface area contributed by atoms with Gasteiger partial charge in [-0.05, 0) is 38.5 Å². The van der Waals surface area contributed by atoms with Crippen molar-refractivity contribution in [1.29, 1.82) is 0 Å². The highest BCUT2D eigenvalue weighted by Gasteiger charge is 2.04. The molecule has 0 amide bonds. The molecular formula is C20H34O6. The highest BCUT2D eigenvalue weighted by Crippen LogP contribution is 2.08. The lowest BCUT2D eigenvalue weighted by molar-refractivity contribution is -0.159. The van der Waals surface area contributed by atoms with Crippen LogP contribution in [0.15, 0.2) is 24.3 Å². The molecule has 3 N–H and O–H groups in total. The average molecular weight is 370 g/mol. The second kappa shape index (κ2) is 20.9. The van der Waals surface area contributed by atoms with Crippen molar-refractivity contribution in [1.82, 2.24) is 0 Å². The molecule has 150 valence electrons. The topological polar surface area (TPSA) is 112 Å². The second-order valence-electron chi connectivity index (χ2n) is 5.98. The summed E-state index contributed by atoms with van der Waals surface area (Å²) < 4.78 is 0. The Bertz CT molecular complexity index is 414. The quantitative estimate of drug-likeness (QED) is 0.224. The van der Waals surface area contributed by atoms with Crippen molar-refractivity contribution in [2.45, 2.75) is 84.0 Å². The lowest BCUT2D eigenvalue weighted by Crippen LogP contribution is -2.09. The van der Waals surface area contributed by atoms with Gasteiger partial charge < -0.3 is 15.3 Å². The largest absolute Gasteiger partial charge is 0.481 e. The standard InChI is InChI=1S/C18H32O2.C2H2O4/c1-2-3-4-5-6-7-8-9-10-11-12-13-14-15-16-17-18(19)20;3-1(4)2(5)6/h6-7,9-10H,2-5,8,11-17H2,1H3,(H,19,20);(H,3,4)(H,5,6)/b7-6-,10-9-;. The minimum absolute atomic E-state index is 0.324. The van der Waals surface area contributed by atoms with Crippen molar-refractivity contribution in [2.24, 2.45) is 0 Å². The fraction of sp³-hybridized carbons (Fsp3) is 0.650. The first kappa shape index (κ1) is 26.1. The van der Waals surface area contributed by atoms with Crippen LogP contribution in [0.5, 0.6) is 0 Å². The van der Waals surface area contributed by atoms with E-state index in [4.69, 9.17) is 24.9 Å². The number of hydrogen-bond donors (Lipinski definition) is 3. The van der Waals surface area contributed by atoms with E-state index >= 15 is 0 Å². The summed E-state index contributed by atoms with van der Waals surface area (Å²) in [4.78, 5) is 28.5. The average Bonchev–Trinajstić information content (AvgIpc) is 2.58. The Morgan fingerprint density at radius 2 is 1.12 bits per heavy atom. The van der Waals surface area contributed by atoms with Crippen molar-refractivity contribution >= 4 is 17.9 Å². The Kier molecular flexibility index (Phi) is 21.0. The van der Waals surface area contributed by atoms with Crippen molar-refractivity contribution in [3.8, 4) is 0 Å². The van der Waals surface area contributed by atoms with Gasteiger partial charge in [-0.25, -0.2) is 9.59 Å². The van der Waals surface area contributed by atoms with Crippen LogP contribution in [0.4, 0.5) is 0 Å². The zero-order valence-electron chi connectivity index (χ0n) is 15.9. The Hall–Kier alpha value is -2.11. The smallest absolute Gasteiger partial charge is 0.414 e. The molecule has 6 nitrogen and oxygen atoms in total. The van der Waals surface area contributed by atoms with Crippen LogP contribution in [0.25, 0.3) is 0 Å². The molecule has 0 heterocycles. The first-order valence-corrected chi connectivity index (χ1v) is 9.39. The molecule has 0 aliphatic rings. The number of carboxylic acids is 3. The van der Waals surface area contributed by atoms with Gasteiger partial charge in [0.25, 0.3) is 0 Å². The number of unbranched alkanes of at least 4 members (excludes halogenated alkanes) is 8. The third-order valence-corrected chi connectivity index (χ3v) is 3.52. The van der Waals surface area contributed by atoms with Gasteiger partial charge in [-0.15, -0.1) is 0 Å². The maximum atomic E-state index is 10.3. The fourth-order valence-electron chi connectivity index (χ4n) is 2.09. The van der Waals surface area contributed by atoms with Gasteiger partial charge in [0.1, 0.15) is 0 Å². The van der Waals surface area contributed by atoms with Crippen LogP contribution in [-0.4, -0.2) is 33.2 Å². The van der Waals surface area contributed by atoms with Gasteiger partial charge in [-0.1, -0.05) is 63.3 Å². The van der Waals surface area contributed by atoms with Crippen molar-refractivity contribution in [3.63, 3.8) is 0 Å². The normalized spacial score (nSPS) is 10.7. The summed E-state index contributed by atoms with van der Waals surface area (Å²) in [6, 6.07) is 0. The minimum atomic E-state index is -1.82. The van der Waals surface area contributed by atoms with Crippen LogP contribution in [0, 0.1) is 0 Å². The van der Waals surface area contributed by atoms with Crippen LogP contribution < -0.4 is 0 Å². The lowest BCUT2D eigenvalue weighted by atomic mass is 10.1. The number of aliphatic carboxylic acids is 3. The van der Waals surface area contributed by atoms with Crippen LogP contribution in [-0.2, 0) is 14.4 Å². The monoisotopic (exact) mass is 370 g/mol.